The van der Waals surface area contributed by atoms with Gasteiger partial charge in [0, 0.05) is 0 Å². The van der Waals surface area contributed by atoms with E-state index in [1.54, 1.807) is 30.3 Å². The van der Waals surface area contributed by atoms with E-state index in [4.69, 9.17) is 28.6 Å². The van der Waals surface area contributed by atoms with Crippen LogP contribution in [0.2, 0.25) is 5.28 Å². The molecule has 6 nitrogen and oxygen atoms in total. The number of hydrogen-bond acceptors (Lipinski definition) is 5. The minimum Gasteiger partial charge on any atom is -0.436 e. The monoisotopic (exact) mass is 350 g/mol. The van der Waals surface area contributed by atoms with Crippen LogP contribution in [0.5, 0.6) is 11.6 Å². The topological polar surface area (TPSA) is 76.1 Å². The van der Waals surface area contributed by atoms with E-state index in [0.29, 0.717) is 11.4 Å². The Kier molecular flexibility index (Phi) is 4.18. The fraction of sp³-hybridized carbons (Fsp3) is 0. The molecule has 1 saturated heterocycles. The number of thiocarbonyl (C=S) groups is 1. The number of ether oxygens (including phenoxy) is 1. The molecule has 1 aliphatic heterocycles. The second-order valence-electron chi connectivity index (χ2n) is 4.43. The van der Waals surface area contributed by atoms with Crippen molar-refractivity contribution in [3.8, 4) is 11.6 Å². The van der Waals surface area contributed by atoms with Crippen LogP contribution in [0, 0.1) is 5.82 Å². The molecule has 1 aromatic carbocycles. The van der Waals surface area contributed by atoms with E-state index < -0.39 is 5.82 Å². The quantitative estimate of drug-likeness (QED) is 0.503. The van der Waals surface area contributed by atoms with Gasteiger partial charge in [-0.2, -0.15) is 9.37 Å². The van der Waals surface area contributed by atoms with Gasteiger partial charge in [0.2, 0.25) is 11.1 Å². The molecule has 0 atom stereocenters. The van der Waals surface area contributed by atoms with E-state index >= 15 is 0 Å². The first-order chi connectivity index (χ1) is 11.0. The highest BCUT2D eigenvalue weighted by Crippen LogP contribution is 2.23. The zero-order valence-corrected chi connectivity index (χ0v) is 12.9. The molecule has 1 aromatic heterocycles. The molecule has 23 heavy (non-hydrogen) atoms. The van der Waals surface area contributed by atoms with Crippen molar-refractivity contribution < 1.29 is 13.9 Å². The first-order valence-electron chi connectivity index (χ1n) is 6.31. The summed E-state index contributed by atoms with van der Waals surface area (Å²) in [5.41, 5.74) is 1.08. The Morgan fingerprint density at radius 1 is 1.26 bits per heavy atom. The minimum atomic E-state index is -0.721. The summed E-state index contributed by atoms with van der Waals surface area (Å²) < 4.78 is 18.8. The highest BCUT2D eigenvalue weighted by Gasteiger charge is 2.19. The molecule has 2 heterocycles. The van der Waals surface area contributed by atoms with Crippen LogP contribution in [0.3, 0.4) is 0 Å². The highest BCUT2D eigenvalue weighted by atomic mass is 35.5. The molecule has 0 spiro atoms. The molecule has 1 aliphatic rings. The molecular weight excluding hydrogens is 343 g/mol. The van der Waals surface area contributed by atoms with Gasteiger partial charge >= 0.3 is 0 Å². The third kappa shape index (κ3) is 3.61. The van der Waals surface area contributed by atoms with Gasteiger partial charge < -0.3 is 10.1 Å². The molecule has 3 rings (SSSR count). The Balaban J connectivity index is 1.77. The van der Waals surface area contributed by atoms with Crippen molar-refractivity contribution in [2.45, 2.75) is 0 Å². The summed E-state index contributed by atoms with van der Waals surface area (Å²) in [4.78, 5) is 18.7. The molecule has 0 bridgehead atoms. The zero-order chi connectivity index (χ0) is 16.4. The lowest BCUT2D eigenvalue weighted by Gasteiger charge is -2.06. The third-order valence-electron chi connectivity index (χ3n) is 2.81. The Morgan fingerprint density at radius 2 is 2.00 bits per heavy atom. The maximum absolute atomic E-state index is 13.5. The molecular formula is C14H8ClFN4O2S. The smallest absolute Gasteiger partial charge is 0.273 e. The number of nitrogens with zero attached hydrogens (tertiary/aromatic N) is 2. The van der Waals surface area contributed by atoms with Gasteiger partial charge in [0.15, 0.2) is 5.11 Å². The van der Waals surface area contributed by atoms with Gasteiger partial charge in [-0.05, 0) is 47.6 Å². The number of aromatic nitrogens is 2. The number of carbonyl (C=O) groups excluding carboxylic acids is 1. The maximum Gasteiger partial charge on any atom is 0.273 e. The first-order valence-corrected chi connectivity index (χ1v) is 7.10. The second kappa shape index (κ2) is 6.27. The lowest BCUT2D eigenvalue weighted by atomic mass is 10.2. The van der Waals surface area contributed by atoms with Crippen molar-refractivity contribution in [1.29, 1.82) is 0 Å². The number of benzene rings is 1. The normalized spacial score (nSPS) is 15.5. The molecule has 0 aliphatic carbocycles. The van der Waals surface area contributed by atoms with Crippen LogP contribution >= 0.6 is 23.8 Å². The number of rotatable bonds is 3. The van der Waals surface area contributed by atoms with E-state index in [1.165, 1.54) is 0 Å². The van der Waals surface area contributed by atoms with Crippen molar-refractivity contribution in [2.24, 2.45) is 0 Å². The molecule has 0 radical (unpaired) electrons. The Bertz CT molecular complexity index is 826. The van der Waals surface area contributed by atoms with Crippen LogP contribution in [-0.4, -0.2) is 21.0 Å². The van der Waals surface area contributed by atoms with E-state index in [2.05, 4.69) is 20.6 Å². The van der Waals surface area contributed by atoms with Crippen LogP contribution in [0.1, 0.15) is 5.56 Å². The third-order valence-corrected chi connectivity index (χ3v) is 3.19. The Labute approximate surface area is 140 Å². The van der Waals surface area contributed by atoms with Gasteiger partial charge in [0.05, 0.1) is 6.20 Å². The van der Waals surface area contributed by atoms with Crippen LogP contribution in [-0.2, 0) is 4.79 Å². The van der Waals surface area contributed by atoms with Gasteiger partial charge in [-0.1, -0.05) is 12.1 Å². The maximum atomic E-state index is 13.5. The molecule has 9 heteroatoms. The van der Waals surface area contributed by atoms with E-state index in [9.17, 15) is 9.18 Å². The van der Waals surface area contributed by atoms with Crippen LogP contribution in [0.25, 0.3) is 6.08 Å². The number of amides is 1. The number of hydrogen-bond donors (Lipinski definition) is 2. The van der Waals surface area contributed by atoms with E-state index in [-0.39, 0.29) is 22.2 Å². The van der Waals surface area contributed by atoms with E-state index in [0.717, 1.165) is 11.8 Å². The predicted molar refractivity (Wildman–Crippen MR) is 85.4 cm³/mol. The predicted octanol–water partition coefficient (Wildman–Crippen LogP) is 2.41. The number of nitrogens with one attached hydrogen (secondary N) is 2. The van der Waals surface area contributed by atoms with E-state index in [1.807, 2.05) is 0 Å². The van der Waals surface area contributed by atoms with Crippen molar-refractivity contribution >= 4 is 40.9 Å². The average Bonchev–Trinajstić information content (AvgIpc) is 2.83. The summed E-state index contributed by atoms with van der Waals surface area (Å²) in [6, 6.07) is 6.60. The van der Waals surface area contributed by atoms with Gasteiger partial charge in [-0.3, -0.25) is 10.1 Å². The summed E-state index contributed by atoms with van der Waals surface area (Å²) in [5, 5.41) is 5.35. The molecule has 1 amide bonds. The average molecular weight is 351 g/mol. The number of halogens is 2. The lowest BCUT2D eigenvalue weighted by molar-refractivity contribution is -0.115. The summed E-state index contributed by atoms with van der Waals surface area (Å²) in [7, 11) is 0. The van der Waals surface area contributed by atoms with Crippen LogP contribution in [0.4, 0.5) is 4.39 Å². The molecule has 2 aromatic rings. The van der Waals surface area contributed by atoms with Crippen molar-refractivity contribution in [3.05, 3.63) is 52.8 Å². The largest absolute Gasteiger partial charge is 0.436 e. The van der Waals surface area contributed by atoms with Gasteiger partial charge in [0.1, 0.15) is 11.4 Å². The second-order valence-corrected chi connectivity index (χ2v) is 5.18. The Morgan fingerprint density at radius 3 is 2.65 bits per heavy atom. The van der Waals surface area contributed by atoms with Crippen molar-refractivity contribution in [3.63, 3.8) is 0 Å². The van der Waals surface area contributed by atoms with Crippen LogP contribution in [0.15, 0.2) is 36.2 Å². The molecule has 0 saturated carbocycles. The zero-order valence-electron chi connectivity index (χ0n) is 11.3. The summed E-state index contributed by atoms with van der Waals surface area (Å²) >= 11 is 10.4. The van der Waals surface area contributed by atoms with Crippen molar-refractivity contribution in [2.75, 3.05) is 0 Å². The van der Waals surface area contributed by atoms with Gasteiger partial charge in [-0.15, -0.1) is 0 Å². The first kappa shape index (κ1) is 15.3. The molecule has 0 unspecified atom stereocenters. The molecule has 2 N–H and O–H groups in total. The summed E-state index contributed by atoms with van der Waals surface area (Å²) in [6.07, 6.45) is 2.55. The Hall–Kier alpha value is -2.58. The minimum absolute atomic E-state index is 0.114. The van der Waals surface area contributed by atoms with Gasteiger partial charge in [-0.25, -0.2) is 4.98 Å². The highest BCUT2D eigenvalue weighted by molar-refractivity contribution is 7.80. The summed E-state index contributed by atoms with van der Waals surface area (Å²) in [6.45, 7) is 0. The van der Waals surface area contributed by atoms with Crippen molar-refractivity contribution in [1.82, 2.24) is 20.6 Å². The SMILES string of the molecule is O=C1NC(=S)N/C1=C/c1ccc(Oc2nc(Cl)ncc2F)cc1. The van der Waals surface area contributed by atoms with Crippen LogP contribution < -0.4 is 15.4 Å². The summed E-state index contributed by atoms with van der Waals surface area (Å²) in [5.74, 6) is -0.924. The molecule has 1 fully saturated rings. The standard InChI is InChI=1S/C14H8ClFN4O2S/c15-13-17-6-9(16)12(20-13)22-8-3-1-7(2-4-8)5-10-11(21)19-14(23)18-10/h1-6H,(H2,18,19,21,23)/b10-5+. The lowest BCUT2D eigenvalue weighted by Crippen LogP contribution is -2.21. The fourth-order valence-electron chi connectivity index (χ4n) is 1.80. The fourth-order valence-corrected chi connectivity index (χ4v) is 2.12. The molecule has 116 valence electrons. The van der Waals surface area contributed by atoms with Gasteiger partial charge in [0.25, 0.3) is 11.8 Å². The number of carbonyl (C=O) groups is 1.